The summed E-state index contributed by atoms with van der Waals surface area (Å²) in [5, 5.41) is 13.5. The third kappa shape index (κ3) is 4.33. The number of hydrogen-bond donors (Lipinski definition) is 1. The predicted octanol–water partition coefficient (Wildman–Crippen LogP) is 2.04. The van der Waals surface area contributed by atoms with Gasteiger partial charge >= 0.3 is 0 Å². The van der Waals surface area contributed by atoms with Crippen LogP contribution in [-0.2, 0) is 11.3 Å². The zero-order valence-corrected chi connectivity index (χ0v) is 13.4. The number of nitrogens with zero attached hydrogens (tertiary/aromatic N) is 2. The molecule has 3 rings (SSSR count). The second-order valence-corrected chi connectivity index (χ2v) is 6.41. The Balaban J connectivity index is 1.33. The highest BCUT2D eigenvalue weighted by Crippen LogP contribution is 2.22. The summed E-state index contributed by atoms with van der Waals surface area (Å²) in [7, 11) is 0. The molecular formula is C16H22N2O3S. The van der Waals surface area contributed by atoms with Crippen LogP contribution in [0.1, 0.15) is 5.76 Å². The van der Waals surface area contributed by atoms with E-state index >= 15 is 0 Å². The summed E-state index contributed by atoms with van der Waals surface area (Å²) in [6, 6.07) is 7.96. The molecule has 0 aromatic carbocycles. The van der Waals surface area contributed by atoms with Gasteiger partial charge in [0.05, 0.1) is 24.0 Å². The average molecular weight is 322 g/mol. The van der Waals surface area contributed by atoms with Crippen molar-refractivity contribution in [1.29, 1.82) is 0 Å². The maximum Gasteiger partial charge on any atom is 0.129 e. The van der Waals surface area contributed by atoms with Gasteiger partial charge in [0.1, 0.15) is 12.4 Å². The van der Waals surface area contributed by atoms with E-state index in [0.29, 0.717) is 19.8 Å². The van der Waals surface area contributed by atoms with Crippen molar-refractivity contribution >= 4 is 16.3 Å². The van der Waals surface area contributed by atoms with Crippen molar-refractivity contribution < 1.29 is 14.3 Å². The maximum atomic E-state index is 10.1. The van der Waals surface area contributed by atoms with Gasteiger partial charge in [-0.05, 0) is 29.6 Å². The van der Waals surface area contributed by atoms with Gasteiger partial charge < -0.3 is 19.2 Å². The summed E-state index contributed by atoms with van der Waals surface area (Å²) in [4.78, 5) is 4.70. The van der Waals surface area contributed by atoms with Gasteiger partial charge in [0.25, 0.3) is 0 Å². The van der Waals surface area contributed by atoms with Gasteiger partial charge in [-0.2, -0.15) is 0 Å². The molecule has 120 valence electrons. The first-order chi connectivity index (χ1) is 10.8. The number of aliphatic hydroxyl groups is 1. The van der Waals surface area contributed by atoms with Crippen LogP contribution in [0.2, 0.25) is 0 Å². The quantitative estimate of drug-likeness (QED) is 0.845. The maximum absolute atomic E-state index is 10.1. The standard InChI is InChI=1S/C16H22N2O3S/c19-14(12-20-13-15-3-1-9-21-15)11-17-5-7-18(8-6-17)16-4-2-10-22-16/h1-4,9-10,14,19H,5-8,11-13H2. The van der Waals surface area contributed by atoms with Gasteiger partial charge in [-0.25, -0.2) is 0 Å². The molecule has 1 atom stereocenters. The van der Waals surface area contributed by atoms with Gasteiger partial charge in [-0.1, -0.05) is 0 Å². The van der Waals surface area contributed by atoms with E-state index in [1.807, 2.05) is 12.1 Å². The number of aliphatic hydroxyl groups excluding tert-OH is 1. The van der Waals surface area contributed by atoms with Crippen molar-refractivity contribution in [2.75, 3.05) is 44.2 Å². The lowest BCUT2D eigenvalue weighted by Crippen LogP contribution is -2.49. The molecule has 1 saturated heterocycles. The molecule has 1 N–H and O–H groups in total. The molecule has 6 heteroatoms. The Morgan fingerprint density at radius 3 is 2.77 bits per heavy atom. The van der Waals surface area contributed by atoms with Crippen molar-refractivity contribution in [3.05, 3.63) is 41.7 Å². The van der Waals surface area contributed by atoms with E-state index in [1.165, 1.54) is 5.00 Å². The molecule has 1 unspecified atom stereocenters. The first-order valence-electron chi connectivity index (χ1n) is 7.60. The molecule has 0 saturated carbocycles. The van der Waals surface area contributed by atoms with Crippen LogP contribution in [-0.4, -0.2) is 55.4 Å². The van der Waals surface area contributed by atoms with Crippen molar-refractivity contribution in [3.63, 3.8) is 0 Å². The van der Waals surface area contributed by atoms with Gasteiger partial charge in [-0.3, -0.25) is 4.90 Å². The average Bonchev–Trinajstić information content (AvgIpc) is 3.21. The Bertz CT molecular complexity index is 522. The Labute approximate surface area is 134 Å². The van der Waals surface area contributed by atoms with Crippen LogP contribution >= 0.6 is 11.3 Å². The largest absolute Gasteiger partial charge is 0.467 e. The topological polar surface area (TPSA) is 49.1 Å². The smallest absolute Gasteiger partial charge is 0.129 e. The van der Waals surface area contributed by atoms with Gasteiger partial charge in [0.15, 0.2) is 0 Å². The predicted molar refractivity (Wildman–Crippen MR) is 87.3 cm³/mol. The second kappa shape index (κ2) is 7.78. The molecule has 5 nitrogen and oxygen atoms in total. The Morgan fingerprint density at radius 2 is 2.09 bits per heavy atom. The van der Waals surface area contributed by atoms with E-state index in [4.69, 9.17) is 9.15 Å². The first kappa shape index (κ1) is 15.6. The molecule has 0 amide bonds. The number of piperazine rings is 1. The minimum absolute atomic E-state index is 0.339. The number of β-amino-alcohol motifs (C(OH)–C–C–N with tert-alkyl or cyclic N) is 1. The molecule has 2 aromatic heterocycles. The summed E-state index contributed by atoms with van der Waals surface area (Å²) >= 11 is 1.78. The van der Waals surface area contributed by atoms with Crippen LogP contribution < -0.4 is 4.90 Å². The summed E-state index contributed by atoms with van der Waals surface area (Å²) in [5.41, 5.74) is 0. The molecule has 2 aromatic rings. The molecule has 1 aliphatic heterocycles. The molecule has 0 aliphatic carbocycles. The van der Waals surface area contributed by atoms with E-state index < -0.39 is 6.10 Å². The van der Waals surface area contributed by atoms with Crippen LogP contribution in [0, 0.1) is 0 Å². The Kier molecular flexibility index (Phi) is 5.50. The summed E-state index contributed by atoms with van der Waals surface area (Å²) < 4.78 is 10.7. The minimum Gasteiger partial charge on any atom is -0.467 e. The Hall–Kier alpha value is -1.34. The lowest BCUT2D eigenvalue weighted by atomic mass is 10.2. The number of thiophene rings is 1. The third-order valence-electron chi connectivity index (χ3n) is 3.79. The molecule has 1 aliphatic rings. The SMILES string of the molecule is OC(COCc1ccco1)CN1CCN(c2cccs2)CC1. The van der Waals surface area contributed by atoms with Crippen LogP contribution in [0.25, 0.3) is 0 Å². The minimum atomic E-state index is -0.455. The number of anilines is 1. The summed E-state index contributed by atoms with van der Waals surface area (Å²) in [5.74, 6) is 0.789. The lowest BCUT2D eigenvalue weighted by Gasteiger charge is -2.36. The van der Waals surface area contributed by atoms with Crippen LogP contribution in [0.15, 0.2) is 40.3 Å². The van der Waals surface area contributed by atoms with Crippen molar-refractivity contribution in [2.24, 2.45) is 0 Å². The first-order valence-corrected chi connectivity index (χ1v) is 8.48. The van der Waals surface area contributed by atoms with Gasteiger partial charge in [0, 0.05) is 32.7 Å². The molecule has 0 bridgehead atoms. The molecule has 3 heterocycles. The van der Waals surface area contributed by atoms with E-state index in [2.05, 4.69) is 27.3 Å². The monoisotopic (exact) mass is 322 g/mol. The fourth-order valence-electron chi connectivity index (χ4n) is 2.64. The summed E-state index contributed by atoms with van der Waals surface area (Å²) in [6.07, 6.45) is 1.17. The third-order valence-corrected chi connectivity index (χ3v) is 4.72. The highest BCUT2D eigenvalue weighted by atomic mass is 32.1. The molecule has 1 fully saturated rings. The molecule has 0 spiro atoms. The lowest BCUT2D eigenvalue weighted by molar-refractivity contribution is 0.00443. The Morgan fingerprint density at radius 1 is 1.23 bits per heavy atom. The molecule has 0 radical (unpaired) electrons. The van der Waals surface area contributed by atoms with Crippen molar-refractivity contribution in [3.8, 4) is 0 Å². The fraction of sp³-hybridized carbons (Fsp3) is 0.500. The highest BCUT2D eigenvalue weighted by molar-refractivity contribution is 7.14. The van der Waals surface area contributed by atoms with Crippen LogP contribution in [0.4, 0.5) is 5.00 Å². The van der Waals surface area contributed by atoms with E-state index in [1.54, 1.807) is 17.6 Å². The van der Waals surface area contributed by atoms with E-state index in [-0.39, 0.29) is 0 Å². The molecular weight excluding hydrogens is 300 g/mol. The normalized spacial score (nSPS) is 17.8. The van der Waals surface area contributed by atoms with E-state index in [9.17, 15) is 5.11 Å². The zero-order chi connectivity index (χ0) is 15.2. The number of ether oxygens (including phenoxy) is 1. The number of hydrogen-bond acceptors (Lipinski definition) is 6. The van der Waals surface area contributed by atoms with Crippen molar-refractivity contribution in [2.45, 2.75) is 12.7 Å². The second-order valence-electron chi connectivity index (χ2n) is 5.49. The number of rotatable bonds is 7. The number of furan rings is 1. The fourth-order valence-corrected chi connectivity index (χ4v) is 3.43. The van der Waals surface area contributed by atoms with Crippen LogP contribution in [0.5, 0.6) is 0 Å². The van der Waals surface area contributed by atoms with Crippen molar-refractivity contribution in [1.82, 2.24) is 4.90 Å². The highest BCUT2D eigenvalue weighted by Gasteiger charge is 2.19. The van der Waals surface area contributed by atoms with Crippen LogP contribution in [0.3, 0.4) is 0 Å². The van der Waals surface area contributed by atoms with Gasteiger partial charge in [0.2, 0.25) is 0 Å². The summed E-state index contributed by atoms with van der Waals surface area (Å²) in [6.45, 7) is 5.40. The zero-order valence-electron chi connectivity index (χ0n) is 12.6. The van der Waals surface area contributed by atoms with E-state index in [0.717, 1.165) is 31.9 Å². The molecule has 22 heavy (non-hydrogen) atoms. The van der Waals surface area contributed by atoms with Gasteiger partial charge in [-0.15, -0.1) is 11.3 Å².